The predicted molar refractivity (Wildman–Crippen MR) is 50.7 cm³/mol. The lowest BCUT2D eigenvalue weighted by atomic mass is 10.2. The van der Waals surface area contributed by atoms with Crippen LogP contribution in [0.25, 0.3) is 0 Å². The molecule has 11 heavy (non-hydrogen) atoms. The minimum atomic E-state index is 0.842. The van der Waals surface area contributed by atoms with Gasteiger partial charge in [0.15, 0.2) is 0 Å². The number of hydrazone groups is 1. The molecule has 0 amide bonds. The van der Waals surface area contributed by atoms with E-state index in [0.717, 1.165) is 17.8 Å². The van der Waals surface area contributed by atoms with E-state index in [1.807, 2.05) is 26.8 Å². The fourth-order valence-corrected chi connectivity index (χ4v) is 0.607. The standard InChI is InChI=1S/C9H16N2/c1-5-8(4)9(6-2)11-10-7-3/h5-6,10H,2,7H2,1,3-4H3/b8-5+,11-9-. The van der Waals surface area contributed by atoms with Crippen LogP contribution in [0.5, 0.6) is 0 Å². The summed E-state index contributed by atoms with van der Waals surface area (Å²) in [6, 6.07) is 0. The van der Waals surface area contributed by atoms with Crippen LogP contribution in [-0.4, -0.2) is 12.3 Å². The molecule has 0 aliphatic carbocycles. The Balaban J connectivity index is 4.27. The zero-order chi connectivity index (χ0) is 8.69. The minimum Gasteiger partial charge on any atom is -0.310 e. The van der Waals surface area contributed by atoms with E-state index in [9.17, 15) is 0 Å². The van der Waals surface area contributed by atoms with Crippen molar-refractivity contribution < 1.29 is 0 Å². The van der Waals surface area contributed by atoms with Crippen LogP contribution in [0.15, 0.2) is 29.4 Å². The lowest BCUT2D eigenvalue weighted by Gasteiger charge is -2.00. The molecule has 0 rings (SSSR count). The van der Waals surface area contributed by atoms with Crippen molar-refractivity contribution in [3.8, 4) is 0 Å². The Kier molecular flexibility index (Phi) is 5.17. The van der Waals surface area contributed by atoms with Gasteiger partial charge in [0, 0.05) is 6.54 Å². The minimum absolute atomic E-state index is 0.842. The summed E-state index contributed by atoms with van der Waals surface area (Å²) in [5.74, 6) is 0. The second-order valence-electron chi connectivity index (χ2n) is 2.18. The fraction of sp³-hybridized carbons (Fsp3) is 0.444. The first-order valence-electron chi connectivity index (χ1n) is 3.82. The third-order valence-electron chi connectivity index (χ3n) is 1.39. The van der Waals surface area contributed by atoms with Crippen LogP contribution in [0.3, 0.4) is 0 Å². The fourth-order valence-electron chi connectivity index (χ4n) is 0.607. The molecule has 0 aliphatic rings. The summed E-state index contributed by atoms with van der Waals surface area (Å²) in [6.07, 6.45) is 3.76. The molecule has 0 fully saturated rings. The van der Waals surface area contributed by atoms with Crippen molar-refractivity contribution in [1.82, 2.24) is 5.43 Å². The molecule has 0 aliphatic heterocycles. The summed E-state index contributed by atoms with van der Waals surface area (Å²) in [6.45, 7) is 10.5. The van der Waals surface area contributed by atoms with Crippen molar-refractivity contribution >= 4 is 5.71 Å². The van der Waals surface area contributed by atoms with Gasteiger partial charge in [0.25, 0.3) is 0 Å². The Morgan fingerprint density at radius 2 is 2.27 bits per heavy atom. The predicted octanol–water partition coefficient (Wildman–Crippen LogP) is 2.10. The second kappa shape index (κ2) is 5.71. The van der Waals surface area contributed by atoms with E-state index in [0.29, 0.717) is 0 Å². The molecule has 0 aromatic carbocycles. The van der Waals surface area contributed by atoms with Crippen LogP contribution in [0.4, 0.5) is 0 Å². The van der Waals surface area contributed by atoms with Crippen LogP contribution in [0, 0.1) is 0 Å². The molecule has 2 nitrogen and oxygen atoms in total. The Hall–Kier alpha value is -1.05. The van der Waals surface area contributed by atoms with Crippen LogP contribution >= 0.6 is 0 Å². The lowest BCUT2D eigenvalue weighted by molar-refractivity contribution is 0.784. The average Bonchev–Trinajstić information content (AvgIpc) is 2.05. The maximum atomic E-state index is 4.11. The highest BCUT2D eigenvalue weighted by molar-refractivity contribution is 6.07. The largest absolute Gasteiger partial charge is 0.310 e. The Bertz CT molecular complexity index is 178. The number of allylic oxidation sites excluding steroid dienone is 3. The summed E-state index contributed by atoms with van der Waals surface area (Å²) in [5, 5.41) is 4.11. The van der Waals surface area contributed by atoms with Crippen LogP contribution in [0.2, 0.25) is 0 Å². The van der Waals surface area contributed by atoms with Gasteiger partial charge >= 0.3 is 0 Å². The van der Waals surface area contributed by atoms with Gasteiger partial charge < -0.3 is 5.43 Å². The van der Waals surface area contributed by atoms with Crippen molar-refractivity contribution in [3.63, 3.8) is 0 Å². The van der Waals surface area contributed by atoms with Gasteiger partial charge in [-0.15, -0.1) is 0 Å². The molecule has 2 heteroatoms. The number of hydrogen-bond donors (Lipinski definition) is 1. The monoisotopic (exact) mass is 152 g/mol. The molecule has 62 valence electrons. The van der Waals surface area contributed by atoms with E-state index in [-0.39, 0.29) is 0 Å². The normalized spacial score (nSPS) is 13.0. The molecule has 0 radical (unpaired) electrons. The highest BCUT2D eigenvalue weighted by atomic mass is 15.3. The molecule has 0 aromatic rings. The van der Waals surface area contributed by atoms with E-state index in [1.54, 1.807) is 6.08 Å². The SMILES string of the molecule is C=CC(=N/NCC)/C(C)=C/C. The molecule has 0 aromatic heterocycles. The highest BCUT2D eigenvalue weighted by Gasteiger charge is 1.93. The van der Waals surface area contributed by atoms with Crippen molar-refractivity contribution in [2.75, 3.05) is 6.54 Å². The molecule has 0 unspecified atom stereocenters. The molecule has 0 bridgehead atoms. The molecule has 0 spiro atoms. The van der Waals surface area contributed by atoms with Crippen LogP contribution in [0.1, 0.15) is 20.8 Å². The molecule has 1 N–H and O–H groups in total. The Labute approximate surface area is 68.7 Å². The van der Waals surface area contributed by atoms with Crippen molar-refractivity contribution in [1.29, 1.82) is 0 Å². The van der Waals surface area contributed by atoms with E-state index in [2.05, 4.69) is 17.1 Å². The summed E-state index contributed by atoms with van der Waals surface area (Å²) >= 11 is 0. The lowest BCUT2D eigenvalue weighted by Crippen LogP contribution is -2.08. The van der Waals surface area contributed by atoms with Gasteiger partial charge in [0.1, 0.15) is 0 Å². The van der Waals surface area contributed by atoms with E-state index in [4.69, 9.17) is 0 Å². The molecule has 0 heterocycles. The van der Waals surface area contributed by atoms with Crippen molar-refractivity contribution in [2.24, 2.45) is 5.10 Å². The number of nitrogens with zero attached hydrogens (tertiary/aromatic N) is 1. The van der Waals surface area contributed by atoms with Crippen molar-refractivity contribution in [3.05, 3.63) is 24.3 Å². The van der Waals surface area contributed by atoms with Gasteiger partial charge in [-0.2, -0.15) is 5.10 Å². The van der Waals surface area contributed by atoms with Crippen LogP contribution < -0.4 is 5.43 Å². The third-order valence-corrected chi connectivity index (χ3v) is 1.39. The smallest absolute Gasteiger partial charge is 0.0849 e. The first kappa shape index (κ1) is 9.95. The molecular formula is C9H16N2. The molecular weight excluding hydrogens is 136 g/mol. The van der Waals surface area contributed by atoms with Gasteiger partial charge in [-0.1, -0.05) is 12.7 Å². The van der Waals surface area contributed by atoms with Gasteiger partial charge in [-0.25, -0.2) is 0 Å². The number of nitrogens with one attached hydrogen (secondary N) is 1. The molecule has 0 atom stereocenters. The number of hydrogen-bond acceptors (Lipinski definition) is 2. The first-order valence-corrected chi connectivity index (χ1v) is 3.82. The molecule has 0 saturated heterocycles. The maximum Gasteiger partial charge on any atom is 0.0849 e. The Morgan fingerprint density at radius 1 is 1.64 bits per heavy atom. The highest BCUT2D eigenvalue weighted by Crippen LogP contribution is 1.96. The summed E-state index contributed by atoms with van der Waals surface area (Å²) in [5.41, 5.74) is 4.94. The quantitative estimate of drug-likeness (QED) is 0.484. The zero-order valence-corrected chi connectivity index (χ0v) is 7.52. The maximum absolute atomic E-state index is 4.11. The first-order chi connectivity index (χ1) is 5.26. The van der Waals surface area contributed by atoms with E-state index in [1.165, 1.54) is 0 Å². The topological polar surface area (TPSA) is 24.4 Å². The van der Waals surface area contributed by atoms with Gasteiger partial charge in [0.05, 0.1) is 5.71 Å². The van der Waals surface area contributed by atoms with E-state index >= 15 is 0 Å². The van der Waals surface area contributed by atoms with Gasteiger partial charge in [0.2, 0.25) is 0 Å². The van der Waals surface area contributed by atoms with Crippen LogP contribution in [-0.2, 0) is 0 Å². The summed E-state index contributed by atoms with van der Waals surface area (Å²) < 4.78 is 0. The average molecular weight is 152 g/mol. The Morgan fingerprint density at radius 3 is 2.64 bits per heavy atom. The van der Waals surface area contributed by atoms with Gasteiger partial charge in [-0.3, -0.25) is 0 Å². The van der Waals surface area contributed by atoms with E-state index < -0.39 is 0 Å². The zero-order valence-electron chi connectivity index (χ0n) is 7.52. The molecule has 0 saturated carbocycles. The van der Waals surface area contributed by atoms with Crippen molar-refractivity contribution in [2.45, 2.75) is 20.8 Å². The van der Waals surface area contributed by atoms with Gasteiger partial charge in [-0.05, 0) is 32.4 Å². The third kappa shape index (κ3) is 3.61. The second-order valence-corrected chi connectivity index (χ2v) is 2.18. The number of rotatable bonds is 4. The summed E-state index contributed by atoms with van der Waals surface area (Å²) in [4.78, 5) is 0. The summed E-state index contributed by atoms with van der Waals surface area (Å²) in [7, 11) is 0.